The van der Waals surface area contributed by atoms with Gasteiger partial charge in [-0.05, 0) is 36.4 Å². The van der Waals surface area contributed by atoms with E-state index in [0.717, 1.165) is 5.76 Å². The van der Waals surface area contributed by atoms with Gasteiger partial charge in [0.05, 0.1) is 12.8 Å². The molecule has 0 aliphatic carbocycles. The summed E-state index contributed by atoms with van der Waals surface area (Å²) >= 11 is 11.4. The first-order valence-electron chi connectivity index (χ1n) is 7.71. The molecule has 0 radical (unpaired) electrons. The number of halogens is 1. The van der Waals surface area contributed by atoms with Crippen molar-refractivity contribution < 1.29 is 13.8 Å². The Kier molecular flexibility index (Phi) is 5.58. The molecule has 3 aromatic rings. The summed E-state index contributed by atoms with van der Waals surface area (Å²) in [5, 5.41) is 3.70. The van der Waals surface area contributed by atoms with Gasteiger partial charge in [0, 0.05) is 22.7 Å². The molecule has 0 aliphatic heterocycles. The lowest BCUT2D eigenvalue weighted by Gasteiger charge is -2.14. The van der Waals surface area contributed by atoms with Crippen molar-refractivity contribution in [2.75, 3.05) is 0 Å². The highest BCUT2D eigenvalue weighted by molar-refractivity contribution is 7.80. The molecule has 0 fully saturated rings. The minimum atomic E-state index is -0.646. The maximum Gasteiger partial charge on any atom is 0.270 e. The standard InChI is InChI=1S/C19H15ClN2O2S/c20-15-8-6-14(7-9-15)18(23)17(22-10-2-1-3-11-22)19(25)21-13-16-5-4-12-24-16/h1-12,17H,13H2/p+1/t17-/m1/s1. The van der Waals surface area contributed by atoms with Crippen molar-refractivity contribution in [1.29, 1.82) is 0 Å². The van der Waals surface area contributed by atoms with Crippen LogP contribution in [0, 0.1) is 0 Å². The SMILES string of the molecule is O=C(c1ccc(Cl)cc1)[C@H](C(=S)NCc1ccco1)[n+]1ccccc1. The normalized spacial score (nSPS) is 11.7. The maximum atomic E-state index is 13.0. The Morgan fingerprint density at radius 3 is 2.48 bits per heavy atom. The molecule has 6 heteroatoms. The first-order valence-corrected chi connectivity index (χ1v) is 8.49. The van der Waals surface area contributed by atoms with E-state index >= 15 is 0 Å². The van der Waals surface area contributed by atoms with E-state index in [0.29, 0.717) is 22.1 Å². The first kappa shape index (κ1) is 17.3. The number of ketones is 1. The molecular formula is C19H16ClN2O2S+. The van der Waals surface area contributed by atoms with E-state index in [1.807, 2.05) is 42.7 Å². The van der Waals surface area contributed by atoms with Crippen LogP contribution in [0.25, 0.3) is 0 Å². The Morgan fingerprint density at radius 1 is 1.12 bits per heavy atom. The van der Waals surface area contributed by atoms with Gasteiger partial charge in [-0.15, -0.1) is 0 Å². The Balaban J connectivity index is 1.85. The zero-order valence-corrected chi connectivity index (χ0v) is 14.8. The number of Topliss-reactive ketones (excluding diaryl/α,β-unsaturated/α-hetero) is 1. The van der Waals surface area contributed by atoms with Crippen molar-refractivity contribution in [3.05, 3.63) is 89.6 Å². The number of hydrogen-bond acceptors (Lipinski definition) is 3. The number of carbonyl (C=O) groups excluding carboxylic acids is 1. The topological polar surface area (TPSA) is 46.1 Å². The van der Waals surface area contributed by atoms with Gasteiger partial charge in [-0.1, -0.05) is 29.9 Å². The lowest BCUT2D eigenvalue weighted by atomic mass is 10.0. The summed E-state index contributed by atoms with van der Waals surface area (Å²) in [6.07, 6.45) is 5.24. The van der Waals surface area contributed by atoms with Crippen LogP contribution >= 0.6 is 23.8 Å². The van der Waals surface area contributed by atoms with Crippen molar-refractivity contribution in [1.82, 2.24) is 5.32 Å². The monoisotopic (exact) mass is 371 g/mol. The van der Waals surface area contributed by atoms with E-state index in [4.69, 9.17) is 28.2 Å². The summed E-state index contributed by atoms with van der Waals surface area (Å²) in [6.45, 7) is 0.420. The molecule has 0 aliphatic rings. The second-order valence-corrected chi connectivity index (χ2v) is 6.27. The molecule has 0 saturated heterocycles. The Morgan fingerprint density at radius 2 is 1.84 bits per heavy atom. The van der Waals surface area contributed by atoms with E-state index in [1.165, 1.54) is 0 Å². The molecule has 1 aromatic carbocycles. The molecule has 0 spiro atoms. The highest BCUT2D eigenvalue weighted by Gasteiger charge is 2.33. The van der Waals surface area contributed by atoms with E-state index in [1.54, 1.807) is 35.1 Å². The van der Waals surface area contributed by atoms with Gasteiger partial charge in [-0.25, -0.2) is 0 Å². The summed E-state index contributed by atoms with van der Waals surface area (Å²) in [6, 6.07) is 15.4. The van der Waals surface area contributed by atoms with E-state index in [9.17, 15) is 4.79 Å². The molecule has 0 saturated carbocycles. The fourth-order valence-corrected chi connectivity index (χ4v) is 2.86. The van der Waals surface area contributed by atoms with Gasteiger partial charge in [0.25, 0.3) is 6.04 Å². The zero-order chi connectivity index (χ0) is 17.6. The molecule has 2 aromatic heterocycles. The number of aromatic nitrogens is 1. The molecule has 0 amide bonds. The lowest BCUT2D eigenvalue weighted by molar-refractivity contribution is -0.692. The molecule has 0 bridgehead atoms. The van der Waals surface area contributed by atoms with Gasteiger partial charge < -0.3 is 9.73 Å². The van der Waals surface area contributed by atoms with Crippen molar-refractivity contribution in [2.45, 2.75) is 12.6 Å². The van der Waals surface area contributed by atoms with E-state index in [2.05, 4.69) is 5.32 Å². The van der Waals surface area contributed by atoms with Gasteiger partial charge >= 0.3 is 0 Å². The fourth-order valence-electron chi connectivity index (χ4n) is 2.43. The van der Waals surface area contributed by atoms with Crippen LogP contribution < -0.4 is 9.88 Å². The molecule has 0 unspecified atom stereocenters. The zero-order valence-electron chi connectivity index (χ0n) is 13.3. The molecule has 3 rings (SSSR count). The summed E-state index contributed by atoms with van der Waals surface area (Å²) in [5.41, 5.74) is 0.549. The number of hydrogen-bond donors (Lipinski definition) is 1. The summed E-state index contributed by atoms with van der Waals surface area (Å²) in [7, 11) is 0. The summed E-state index contributed by atoms with van der Waals surface area (Å²) < 4.78 is 7.09. The van der Waals surface area contributed by atoms with Gasteiger partial charge in [0.2, 0.25) is 5.78 Å². The number of nitrogens with one attached hydrogen (secondary N) is 1. The first-order chi connectivity index (χ1) is 12.1. The van der Waals surface area contributed by atoms with Gasteiger partial charge in [-0.3, -0.25) is 4.79 Å². The highest BCUT2D eigenvalue weighted by atomic mass is 35.5. The third kappa shape index (κ3) is 4.32. The lowest BCUT2D eigenvalue weighted by Crippen LogP contribution is -2.51. The van der Waals surface area contributed by atoms with Crippen molar-refractivity contribution in [3.8, 4) is 0 Å². The van der Waals surface area contributed by atoms with Crippen LogP contribution in [0.4, 0.5) is 0 Å². The molecule has 1 N–H and O–H groups in total. The van der Waals surface area contributed by atoms with Crippen molar-refractivity contribution >= 4 is 34.6 Å². The Bertz CT molecular complexity index is 849. The third-order valence-electron chi connectivity index (χ3n) is 3.68. The van der Waals surface area contributed by atoms with Crippen LogP contribution in [0.3, 0.4) is 0 Å². The van der Waals surface area contributed by atoms with Crippen molar-refractivity contribution in [2.24, 2.45) is 0 Å². The number of benzene rings is 1. The van der Waals surface area contributed by atoms with Crippen LogP contribution in [0.2, 0.25) is 5.02 Å². The van der Waals surface area contributed by atoms with Gasteiger partial charge in [0.1, 0.15) is 5.76 Å². The van der Waals surface area contributed by atoms with Crippen LogP contribution in [-0.4, -0.2) is 10.8 Å². The second kappa shape index (κ2) is 8.05. The third-order valence-corrected chi connectivity index (χ3v) is 4.30. The smallest absolute Gasteiger partial charge is 0.270 e. The second-order valence-electron chi connectivity index (χ2n) is 5.39. The number of thiocarbonyl (C=S) groups is 1. The minimum Gasteiger partial charge on any atom is -0.467 e. The quantitative estimate of drug-likeness (QED) is 0.407. The number of nitrogens with zero attached hydrogens (tertiary/aromatic N) is 1. The van der Waals surface area contributed by atoms with Crippen molar-refractivity contribution in [3.63, 3.8) is 0 Å². The predicted molar refractivity (Wildman–Crippen MR) is 99.6 cm³/mol. The van der Waals surface area contributed by atoms with Crippen LogP contribution in [0.5, 0.6) is 0 Å². The molecule has 1 atom stereocenters. The maximum absolute atomic E-state index is 13.0. The minimum absolute atomic E-state index is 0.107. The van der Waals surface area contributed by atoms with E-state index in [-0.39, 0.29) is 5.78 Å². The van der Waals surface area contributed by atoms with E-state index < -0.39 is 6.04 Å². The predicted octanol–water partition coefficient (Wildman–Crippen LogP) is 3.76. The largest absolute Gasteiger partial charge is 0.467 e. The number of pyridine rings is 1. The molecule has 25 heavy (non-hydrogen) atoms. The molecular weight excluding hydrogens is 356 g/mol. The number of carbonyl (C=O) groups is 1. The molecule has 4 nitrogen and oxygen atoms in total. The number of rotatable bonds is 6. The highest BCUT2D eigenvalue weighted by Crippen LogP contribution is 2.15. The van der Waals surface area contributed by atoms with Gasteiger partial charge in [-0.2, -0.15) is 4.57 Å². The van der Waals surface area contributed by atoms with Crippen LogP contribution in [-0.2, 0) is 6.54 Å². The average molecular weight is 372 g/mol. The van der Waals surface area contributed by atoms with Crippen LogP contribution in [0.1, 0.15) is 22.2 Å². The van der Waals surface area contributed by atoms with Crippen LogP contribution in [0.15, 0.2) is 77.7 Å². The summed E-state index contributed by atoms with van der Waals surface area (Å²) in [5.74, 6) is 0.642. The van der Waals surface area contributed by atoms with Gasteiger partial charge in [0.15, 0.2) is 17.4 Å². The average Bonchev–Trinajstić information content (AvgIpc) is 3.15. The Labute approximate surface area is 156 Å². The molecule has 126 valence electrons. The fraction of sp³-hybridized carbons (Fsp3) is 0.105. The molecule has 2 heterocycles. The number of furan rings is 1. The summed E-state index contributed by atoms with van der Waals surface area (Å²) in [4.78, 5) is 13.5. The Hall–Kier alpha value is -2.50.